The van der Waals surface area contributed by atoms with Crippen molar-refractivity contribution >= 4 is 23.5 Å². The summed E-state index contributed by atoms with van der Waals surface area (Å²) in [6.07, 6.45) is 1.70. The fourth-order valence-electron chi connectivity index (χ4n) is 3.95. The number of halogens is 4. The summed E-state index contributed by atoms with van der Waals surface area (Å²) < 4.78 is 38.2. The SMILES string of the molecule is C[C@@H]1CCCN(C(=O)c2c(Cl)cccc2-n2nccn2)[C@@H]1CNc1ncc(C(F)(F)F)cn1. The lowest BCUT2D eigenvalue weighted by Crippen LogP contribution is -2.51. The molecule has 1 aliphatic rings. The normalized spacial score (nSPS) is 18.9. The molecule has 12 heteroatoms. The Morgan fingerprint density at radius 3 is 2.58 bits per heavy atom. The molecule has 1 aromatic carbocycles. The number of benzene rings is 1. The van der Waals surface area contributed by atoms with Crippen LogP contribution in [0.3, 0.4) is 0 Å². The van der Waals surface area contributed by atoms with Gasteiger partial charge < -0.3 is 10.2 Å². The second kappa shape index (κ2) is 9.34. The number of aromatic nitrogens is 5. The molecule has 2 aromatic heterocycles. The first-order valence-electron chi connectivity index (χ1n) is 10.3. The van der Waals surface area contributed by atoms with E-state index < -0.39 is 11.7 Å². The topological polar surface area (TPSA) is 88.8 Å². The van der Waals surface area contributed by atoms with Crippen LogP contribution in [0.4, 0.5) is 19.1 Å². The second-order valence-electron chi connectivity index (χ2n) is 7.81. The number of carbonyl (C=O) groups excluding carboxylic acids is 1. The molecule has 1 fully saturated rings. The summed E-state index contributed by atoms with van der Waals surface area (Å²) in [7, 11) is 0. The zero-order valence-electron chi connectivity index (χ0n) is 17.6. The highest BCUT2D eigenvalue weighted by atomic mass is 35.5. The quantitative estimate of drug-likeness (QED) is 0.593. The molecule has 3 aromatic rings. The molecule has 0 bridgehead atoms. The van der Waals surface area contributed by atoms with E-state index in [9.17, 15) is 18.0 Å². The smallest absolute Gasteiger partial charge is 0.352 e. The van der Waals surface area contributed by atoms with E-state index in [1.165, 1.54) is 17.2 Å². The third-order valence-electron chi connectivity index (χ3n) is 5.66. The number of nitrogens with zero attached hydrogens (tertiary/aromatic N) is 6. The number of carbonyl (C=O) groups is 1. The molecule has 0 saturated carbocycles. The highest BCUT2D eigenvalue weighted by Gasteiger charge is 2.35. The molecule has 2 atom stereocenters. The number of rotatable bonds is 5. The largest absolute Gasteiger partial charge is 0.419 e. The van der Waals surface area contributed by atoms with Crippen molar-refractivity contribution in [3.63, 3.8) is 0 Å². The first-order chi connectivity index (χ1) is 15.8. The lowest BCUT2D eigenvalue weighted by molar-refractivity contribution is -0.138. The van der Waals surface area contributed by atoms with Crippen LogP contribution in [-0.2, 0) is 6.18 Å². The maximum atomic E-state index is 13.6. The highest BCUT2D eigenvalue weighted by molar-refractivity contribution is 6.34. The Labute approximate surface area is 192 Å². The van der Waals surface area contributed by atoms with Crippen LogP contribution in [-0.4, -0.2) is 54.9 Å². The van der Waals surface area contributed by atoms with Crippen LogP contribution in [0, 0.1) is 5.92 Å². The van der Waals surface area contributed by atoms with E-state index in [0.29, 0.717) is 17.8 Å². The lowest BCUT2D eigenvalue weighted by Gasteiger charge is -2.40. The lowest BCUT2D eigenvalue weighted by atomic mass is 9.90. The Morgan fingerprint density at radius 2 is 1.91 bits per heavy atom. The molecule has 0 spiro atoms. The van der Waals surface area contributed by atoms with Gasteiger partial charge in [0.25, 0.3) is 5.91 Å². The number of amides is 1. The van der Waals surface area contributed by atoms with Crippen LogP contribution in [0.2, 0.25) is 5.02 Å². The standard InChI is InChI=1S/C21H21ClF3N7O/c1-13-4-3-9-31(17(13)12-28-20-26-10-14(11-27-20)21(23,24)25)19(33)18-15(22)5-2-6-16(18)32-29-7-8-30-32/h2,5-8,10-11,13,17H,3-4,9,12H2,1H3,(H,26,27,28)/t13-,17-/m1/s1. The third kappa shape index (κ3) is 4.92. The fraction of sp³-hybridized carbons (Fsp3) is 0.381. The molecule has 1 amide bonds. The molecular weight excluding hydrogens is 459 g/mol. The number of alkyl halides is 3. The van der Waals surface area contributed by atoms with Crippen LogP contribution >= 0.6 is 11.6 Å². The van der Waals surface area contributed by atoms with Gasteiger partial charge in [0, 0.05) is 25.5 Å². The number of piperidine rings is 1. The molecule has 33 heavy (non-hydrogen) atoms. The molecule has 1 aliphatic heterocycles. The summed E-state index contributed by atoms with van der Waals surface area (Å²) in [6, 6.07) is 4.83. The minimum Gasteiger partial charge on any atom is -0.352 e. The number of nitrogens with one attached hydrogen (secondary N) is 1. The molecule has 1 N–H and O–H groups in total. The number of hydrogen-bond acceptors (Lipinski definition) is 6. The van der Waals surface area contributed by atoms with E-state index in [4.69, 9.17) is 11.6 Å². The van der Waals surface area contributed by atoms with Gasteiger partial charge in [0.05, 0.1) is 40.3 Å². The Hall–Kier alpha value is -3.21. The van der Waals surface area contributed by atoms with Gasteiger partial charge in [-0.15, -0.1) is 0 Å². The van der Waals surface area contributed by atoms with Gasteiger partial charge in [0.1, 0.15) is 0 Å². The predicted octanol–water partition coefficient (Wildman–Crippen LogP) is 4.08. The minimum atomic E-state index is -4.50. The summed E-state index contributed by atoms with van der Waals surface area (Å²) in [4.78, 5) is 24.2. The highest BCUT2D eigenvalue weighted by Crippen LogP contribution is 2.30. The summed E-state index contributed by atoms with van der Waals surface area (Å²) in [5.41, 5.74) is -0.164. The molecular formula is C21H21ClF3N7O. The second-order valence-corrected chi connectivity index (χ2v) is 8.22. The molecule has 0 radical (unpaired) electrons. The van der Waals surface area contributed by atoms with E-state index in [-0.39, 0.29) is 35.4 Å². The fourth-order valence-corrected chi connectivity index (χ4v) is 4.20. The van der Waals surface area contributed by atoms with Gasteiger partial charge in [-0.25, -0.2) is 9.97 Å². The summed E-state index contributed by atoms with van der Waals surface area (Å²) in [5.74, 6) is -0.0645. The van der Waals surface area contributed by atoms with Gasteiger partial charge in [-0.2, -0.15) is 28.2 Å². The molecule has 4 rings (SSSR count). The first kappa shape index (κ1) is 23.0. The molecule has 0 aliphatic carbocycles. The van der Waals surface area contributed by atoms with Crippen molar-refractivity contribution in [1.82, 2.24) is 29.9 Å². The van der Waals surface area contributed by atoms with Crippen molar-refractivity contribution in [2.75, 3.05) is 18.4 Å². The zero-order valence-corrected chi connectivity index (χ0v) is 18.4. The van der Waals surface area contributed by atoms with Gasteiger partial charge in [0.15, 0.2) is 0 Å². The predicted molar refractivity (Wildman–Crippen MR) is 115 cm³/mol. The Kier molecular flexibility index (Phi) is 6.50. The van der Waals surface area contributed by atoms with Crippen molar-refractivity contribution in [2.24, 2.45) is 5.92 Å². The average molecular weight is 480 g/mol. The van der Waals surface area contributed by atoms with E-state index >= 15 is 0 Å². The van der Waals surface area contributed by atoms with Crippen molar-refractivity contribution < 1.29 is 18.0 Å². The van der Waals surface area contributed by atoms with Gasteiger partial charge in [-0.3, -0.25) is 4.79 Å². The van der Waals surface area contributed by atoms with Gasteiger partial charge in [-0.05, 0) is 30.9 Å². The monoisotopic (exact) mass is 479 g/mol. The van der Waals surface area contributed by atoms with Crippen molar-refractivity contribution in [3.05, 3.63) is 59.1 Å². The Morgan fingerprint density at radius 1 is 1.21 bits per heavy atom. The molecule has 8 nitrogen and oxygen atoms in total. The van der Waals surface area contributed by atoms with E-state index in [1.807, 2.05) is 6.92 Å². The minimum absolute atomic E-state index is 0.0624. The number of anilines is 1. The molecule has 1 saturated heterocycles. The van der Waals surface area contributed by atoms with Crippen LogP contribution in [0.25, 0.3) is 5.69 Å². The van der Waals surface area contributed by atoms with Crippen molar-refractivity contribution in [2.45, 2.75) is 32.0 Å². The summed E-state index contributed by atoms with van der Waals surface area (Å²) >= 11 is 6.43. The molecule has 0 unspecified atom stereocenters. The Bertz CT molecular complexity index is 1110. The summed E-state index contributed by atoms with van der Waals surface area (Å²) in [6.45, 7) is 2.82. The number of likely N-dealkylation sites (tertiary alicyclic amines) is 1. The molecule has 3 heterocycles. The molecule has 174 valence electrons. The van der Waals surface area contributed by atoms with Crippen LogP contribution in [0.5, 0.6) is 0 Å². The Balaban J connectivity index is 1.56. The van der Waals surface area contributed by atoms with Gasteiger partial charge in [-0.1, -0.05) is 24.6 Å². The van der Waals surface area contributed by atoms with Crippen molar-refractivity contribution in [1.29, 1.82) is 0 Å². The first-order valence-corrected chi connectivity index (χ1v) is 10.7. The van der Waals surface area contributed by atoms with Crippen LogP contribution in [0.1, 0.15) is 35.7 Å². The maximum Gasteiger partial charge on any atom is 0.419 e. The average Bonchev–Trinajstić information content (AvgIpc) is 3.32. The van der Waals surface area contributed by atoms with Crippen LogP contribution in [0.15, 0.2) is 43.0 Å². The number of hydrogen-bond donors (Lipinski definition) is 1. The van der Waals surface area contributed by atoms with Crippen molar-refractivity contribution in [3.8, 4) is 5.69 Å². The van der Waals surface area contributed by atoms with Gasteiger partial charge >= 0.3 is 6.18 Å². The van der Waals surface area contributed by atoms with E-state index in [2.05, 4.69) is 25.5 Å². The summed E-state index contributed by atoms with van der Waals surface area (Å²) in [5, 5.41) is 11.5. The van der Waals surface area contributed by atoms with Crippen LogP contribution < -0.4 is 5.32 Å². The maximum absolute atomic E-state index is 13.6. The van der Waals surface area contributed by atoms with Gasteiger partial charge in [0.2, 0.25) is 5.95 Å². The van der Waals surface area contributed by atoms with E-state index in [0.717, 1.165) is 25.2 Å². The van der Waals surface area contributed by atoms with E-state index in [1.54, 1.807) is 23.1 Å². The zero-order chi connectivity index (χ0) is 23.6. The third-order valence-corrected chi connectivity index (χ3v) is 5.98.